The summed E-state index contributed by atoms with van der Waals surface area (Å²) in [5.74, 6) is 0.211. The van der Waals surface area contributed by atoms with Crippen molar-refractivity contribution in [2.75, 3.05) is 41.4 Å². The lowest BCUT2D eigenvalue weighted by molar-refractivity contribution is -0.000511. The molecule has 2 aromatic heterocycles. The topological polar surface area (TPSA) is 116 Å². The minimum atomic E-state index is -0.381. The van der Waals surface area contributed by atoms with E-state index in [4.69, 9.17) is 9.73 Å². The van der Waals surface area contributed by atoms with Crippen molar-refractivity contribution >= 4 is 57.7 Å². The fourth-order valence-corrected chi connectivity index (χ4v) is 7.97. The summed E-state index contributed by atoms with van der Waals surface area (Å²) in [6.45, 7) is 7.21. The number of benzene rings is 2. The first-order valence-corrected chi connectivity index (χ1v) is 17.7. The average Bonchev–Trinajstić information content (AvgIpc) is 3.78. The van der Waals surface area contributed by atoms with E-state index < -0.39 is 0 Å². The van der Waals surface area contributed by atoms with Gasteiger partial charge < -0.3 is 20.3 Å². The van der Waals surface area contributed by atoms with Gasteiger partial charge in [0.1, 0.15) is 5.82 Å². The summed E-state index contributed by atoms with van der Waals surface area (Å²) >= 11 is 1.39. The Balaban J connectivity index is 0.992. The summed E-state index contributed by atoms with van der Waals surface area (Å²) in [4.78, 5) is 55.5. The van der Waals surface area contributed by atoms with Crippen molar-refractivity contribution in [1.82, 2.24) is 10.3 Å². The molecule has 0 bridgehead atoms. The molecule has 49 heavy (non-hydrogen) atoms. The summed E-state index contributed by atoms with van der Waals surface area (Å²) in [5.41, 5.74) is 4.91. The van der Waals surface area contributed by atoms with Gasteiger partial charge in [0, 0.05) is 55.2 Å². The Bertz CT molecular complexity index is 1970. The van der Waals surface area contributed by atoms with Crippen molar-refractivity contribution < 1.29 is 19.1 Å². The van der Waals surface area contributed by atoms with Crippen LogP contribution in [0.5, 0.6) is 0 Å². The van der Waals surface area contributed by atoms with Gasteiger partial charge in [-0.05, 0) is 99.7 Å². The van der Waals surface area contributed by atoms with Crippen molar-refractivity contribution in [3.8, 4) is 0 Å². The number of aliphatic imine (C=N–C) groups is 1. The van der Waals surface area contributed by atoms with E-state index in [1.807, 2.05) is 56.3 Å². The molecule has 5 heterocycles. The molecule has 1 aliphatic carbocycles. The zero-order chi connectivity index (χ0) is 33.7. The Morgan fingerprint density at radius 1 is 0.959 bits per heavy atom. The molecule has 3 fully saturated rings. The summed E-state index contributed by atoms with van der Waals surface area (Å²) in [5, 5.41) is 6.07. The number of nitrogens with one attached hydrogen (secondary N) is 2. The zero-order valence-corrected chi connectivity index (χ0v) is 28.4. The average molecular weight is 675 g/mol. The van der Waals surface area contributed by atoms with Crippen LogP contribution in [-0.4, -0.2) is 66.8 Å². The molecule has 1 atom stereocenters. The lowest BCUT2D eigenvalue weighted by atomic mass is 9.73. The molecule has 2 N–H and O–H groups in total. The van der Waals surface area contributed by atoms with Gasteiger partial charge >= 0.3 is 0 Å². The van der Waals surface area contributed by atoms with Gasteiger partial charge in [0.05, 0.1) is 38.4 Å². The van der Waals surface area contributed by atoms with Gasteiger partial charge in [-0.3, -0.25) is 19.3 Å². The van der Waals surface area contributed by atoms with Crippen LogP contribution < -0.4 is 20.4 Å². The third kappa shape index (κ3) is 6.13. The number of fused-ring (bicyclic) bond motifs is 1. The molecule has 1 saturated carbocycles. The molecule has 4 aliphatic rings. The first-order valence-electron chi connectivity index (χ1n) is 16.9. The zero-order valence-electron chi connectivity index (χ0n) is 27.6. The Hall–Kier alpha value is -4.87. The molecule has 3 amide bonds. The number of aryl methyl sites for hydroxylation is 1. The number of carbonyl (C=O) groups is 3. The maximum atomic E-state index is 14.2. The van der Waals surface area contributed by atoms with E-state index in [9.17, 15) is 14.4 Å². The molecule has 8 rings (SSSR count). The van der Waals surface area contributed by atoms with Gasteiger partial charge in [-0.1, -0.05) is 12.1 Å². The van der Waals surface area contributed by atoms with E-state index in [0.717, 1.165) is 73.8 Å². The predicted octanol–water partition coefficient (Wildman–Crippen LogP) is 6.38. The minimum Gasteiger partial charge on any atom is -0.381 e. The number of anilines is 3. The Labute approximate surface area is 289 Å². The number of pyridine rings is 1. The van der Waals surface area contributed by atoms with Gasteiger partial charge in [-0.25, -0.2) is 9.98 Å². The van der Waals surface area contributed by atoms with Crippen molar-refractivity contribution in [3.63, 3.8) is 0 Å². The fourth-order valence-electron chi connectivity index (χ4n) is 6.99. The molecule has 11 heteroatoms. The number of para-hydroxylation sites is 2. The molecule has 10 nitrogen and oxygen atoms in total. The van der Waals surface area contributed by atoms with Crippen LogP contribution in [0.4, 0.5) is 22.9 Å². The lowest BCUT2D eigenvalue weighted by Crippen LogP contribution is -2.59. The number of amides is 3. The maximum Gasteiger partial charge on any atom is 0.261 e. The van der Waals surface area contributed by atoms with Crippen LogP contribution in [0.15, 0.2) is 77.9 Å². The largest absolute Gasteiger partial charge is 0.381 e. The first kappa shape index (κ1) is 31.4. The highest BCUT2D eigenvalue weighted by Crippen LogP contribution is 2.43. The van der Waals surface area contributed by atoms with Crippen LogP contribution in [0.2, 0.25) is 0 Å². The molecule has 0 radical (unpaired) electrons. The fraction of sp³-hybridized carbons (Fsp3) is 0.342. The highest BCUT2D eigenvalue weighted by Gasteiger charge is 2.45. The van der Waals surface area contributed by atoms with Crippen LogP contribution in [0.1, 0.15) is 73.4 Å². The molecule has 4 aromatic rings. The number of ether oxygens (including phenoxy) is 1. The summed E-state index contributed by atoms with van der Waals surface area (Å²) in [7, 11) is 0. The van der Waals surface area contributed by atoms with E-state index in [0.29, 0.717) is 33.2 Å². The summed E-state index contributed by atoms with van der Waals surface area (Å²) < 4.78 is 5.57. The Morgan fingerprint density at radius 2 is 1.71 bits per heavy atom. The normalized spacial score (nSPS) is 19.5. The number of carbonyl (C=O) groups excluding carboxylic acids is 3. The summed E-state index contributed by atoms with van der Waals surface area (Å²) in [6.07, 6.45) is 5.92. The minimum absolute atomic E-state index is 0.0675. The molecule has 1 spiro atoms. The smallest absolute Gasteiger partial charge is 0.261 e. The SMILES string of the molecule is Cc1cnc(N2CC3(CCOCC3)C2)c(C(=O)Nc2ccc(C(=O)N3c4ccccc4N=C(c4ccc(C(=O)NC5CC5)s4)[C@@H]3C)cc2)c1. The van der Waals surface area contributed by atoms with E-state index in [1.54, 1.807) is 35.4 Å². The second-order valence-electron chi connectivity index (χ2n) is 13.6. The summed E-state index contributed by atoms with van der Waals surface area (Å²) in [6, 6.07) is 20.1. The van der Waals surface area contributed by atoms with E-state index in [1.165, 1.54) is 11.3 Å². The number of hydrogen-bond donors (Lipinski definition) is 2. The van der Waals surface area contributed by atoms with Crippen LogP contribution in [0.25, 0.3) is 0 Å². The van der Waals surface area contributed by atoms with Crippen LogP contribution in [0, 0.1) is 12.3 Å². The monoisotopic (exact) mass is 674 g/mol. The third-order valence-electron chi connectivity index (χ3n) is 9.92. The third-order valence-corrected chi connectivity index (χ3v) is 11.0. The molecule has 250 valence electrons. The van der Waals surface area contributed by atoms with Crippen LogP contribution in [-0.2, 0) is 4.74 Å². The quantitative estimate of drug-likeness (QED) is 0.235. The molecule has 2 aromatic carbocycles. The van der Waals surface area contributed by atoms with Crippen molar-refractivity contribution in [1.29, 1.82) is 0 Å². The van der Waals surface area contributed by atoms with Gasteiger partial charge in [0.25, 0.3) is 17.7 Å². The molecule has 2 saturated heterocycles. The second kappa shape index (κ2) is 12.5. The number of aromatic nitrogens is 1. The van der Waals surface area contributed by atoms with Gasteiger partial charge in [0.2, 0.25) is 0 Å². The standard InChI is InChI=1S/C38H38N6O4S/c1-23-19-28(34(39-20-23)43-21-38(22-43)15-17-48-18-16-38)35(45)40-26-9-7-25(8-10-26)37(47)44-24(2)33(42-29-5-3-4-6-30(29)44)31-13-14-32(49-31)36(46)41-27-11-12-27/h3-10,13-14,19-20,24,27H,11-12,15-18,21-22H2,1-2H3,(H,40,45)(H,41,46)/t24-/m0/s1. The van der Waals surface area contributed by atoms with E-state index in [-0.39, 0.29) is 35.2 Å². The lowest BCUT2D eigenvalue weighted by Gasteiger charge is -2.53. The number of hydrogen-bond acceptors (Lipinski definition) is 8. The van der Waals surface area contributed by atoms with Crippen molar-refractivity contribution in [2.24, 2.45) is 10.4 Å². The van der Waals surface area contributed by atoms with E-state index >= 15 is 0 Å². The van der Waals surface area contributed by atoms with Crippen molar-refractivity contribution in [3.05, 3.63) is 99.4 Å². The Kier molecular flexibility index (Phi) is 8.04. The number of nitrogens with zero attached hydrogens (tertiary/aromatic N) is 4. The van der Waals surface area contributed by atoms with Crippen LogP contribution >= 0.6 is 11.3 Å². The Morgan fingerprint density at radius 3 is 2.47 bits per heavy atom. The highest BCUT2D eigenvalue weighted by atomic mass is 32.1. The van der Waals surface area contributed by atoms with E-state index in [2.05, 4.69) is 20.5 Å². The second-order valence-corrected chi connectivity index (χ2v) is 14.7. The highest BCUT2D eigenvalue weighted by molar-refractivity contribution is 7.16. The van der Waals surface area contributed by atoms with Gasteiger partial charge in [-0.2, -0.15) is 0 Å². The molecular weight excluding hydrogens is 637 g/mol. The molecular formula is C38H38N6O4S. The number of rotatable bonds is 7. The van der Waals surface area contributed by atoms with Crippen molar-refractivity contribution in [2.45, 2.75) is 51.6 Å². The van der Waals surface area contributed by atoms with Gasteiger partial charge in [-0.15, -0.1) is 11.3 Å². The predicted molar refractivity (Wildman–Crippen MR) is 192 cm³/mol. The molecule has 3 aliphatic heterocycles. The first-order chi connectivity index (χ1) is 23.8. The van der Waals surface area contributed by atoms with Crippen LogP contribution in [0.3, 0.4) is 0 Å². The maximum absolute atomic E-state index is 14.2. The van der Waals surface area contributed by atoms with Gasteiger partial charge in [0.15, 0.2) is 0 Å². The molecule has 0 unspecified atom stereocenters. The number of thiophene rings is 1.